The summed E-state index contributed by atoms with van der Waals surface area (Å²) >= 11 is 0. The van der Waals surface area contributed by atoms with Crippen LogP contribution in [0.3, 0.4) is 0 Å². The highest BCUT2D eigenvalue weighted by Gasteiger charge is 2.26. The molecule has 1 saturated heterocycles. The number of hydrogen-bond acceptors (Lipinski definition) is 3. The lowest BCUT2D eigenvalue weighted by Gasteiger charge is -2.33. The molecule has 1 aliphatic rings. The summed E-state index contributed by atoms with van der Waals surface area (Å²) in [6, 6.07) is 13.2. The van der Waals surface area contributed by atoms with Crippen LogP contribution in [0, 0.1) is 6.92 Å². The lowest BCUT2D eigenvalue weighted by Crippen LogP contribution is -2.39. The van der Waals surface area contributed by atoms with Gasteiger partial charge in [-0.05, 0) is 43.0 Å². The molecule has 0 bridgehead atoms. The Morgan fingerprint density at radius 1 is 1.14 bits per heavy atom. The number of pyridine rings is 1. The van der Waals surface area contributed by atoms with Gasteiger partial charge in [0.05, 0.1) is 6.10 Å². The maximum atomic E-state index is 6.03. The van der Waals surface area contributed by atoms with E-state index in [0.717, 1.165) is 26.0 Å². The minimum absolute atomic E-state index is 0.154. The number of aromatic nitrogens is 1. The van der Waals surface area contributed by atoms with Crippen LogP contribution in [-0.4, -0.2) is 17.6 Å². The van der Waals surface area contributed by atoms with E-state index in [1.165, 1.54) is 16.7 Å². The SMILES string of the molecule is Cc1ccc([C@H]2OCCC[C@H]2NCc2ccncc2)cc1. The van der Waals surface area contributed by atoms with Crippen molar-refractivity contribution in [2.24, 2.45) is 0 Å². The van der Waals surface area contributed by atoms with Gasteiger partial charge in [0, 0.05) is 31.6 Å². The van der Waals surface area contributed by atoms with Crippen molar-refractivity contribution in [3.05, 3.63) is 65.5 Å². The van der Waals surface area contributed by atoms with E-state index < -0.39 is 0 Å². The molecular formula is C18H22N2O. The molecule has 0 aliphatic carbocycles. The van der Waals surface area contributed by atoms with Gasteiger partial charge in [-0.25, -0.2) is 0 Å². The number of nitrogens with zero attached hydrogens (tertiary/aromatic N) is 1. The van der Waals surface area contributed by atoms with E-state index in [9.17, 15) is 0 Å². The Morgan fingerprint density at radius 3 is 2.67 bits per heavy atom. The average molecular weight is 282 g/mol. The maximum Gasteiger partial charge on any atom is 0.0977 e. The van der Waals surface area contributed by atoms with Crippen LogP contribution in [0.2, 0.25) is 0 Å². The highest BCUT2D eigenvalue weighted by molar-refractivity contribution is 5.24. The van der Waals surface area contributed by atoms with E-state index in [1.54, 1.807) is 0 Å². The number of rotatable bonds is 4. The molecule has 0 amide bonds. The summed E-state index contributed by atoms with van der Waals surface area (Å²) in [6.45, 7) is 3.83. The van der Waals surface area contributed by atoms with Gasteiger partial charge in [-0.2, -0.15) is 0 Å². The first-order valence-corrected chi connectivity index (χ1v) is 7.63. The lowest BCUT2D eigenvalue weighted by molar-refractivity contribution is -0.0112. The summed E-state index contributed by atoms with van der Waals surface area (Å²) in [7, 11) is 0. The van der Waals surface area contributed by atoms with Gasteiger partial charge in [0.15, 0.2) is 0 Å². The van der Waals surface area contributed by atoms with Crippen molar-refractivity contribution in [3.8, 4) is 0 Å². The summed E-state index contributed by atoms with van der Waals surface area (Å²) in [5.41, 5.74) is 3.82. The molecule has 110 valence electrons. The predicted molar refractivity (Wildman–Crippen MR) is 84.0 cm³/mol. The van der Waals surface area contributed by atoms with Gasteiger partial charge in [0.25, 0.3) is 0 Å². The van der Waals surface area contributed by atoms with Crippen LogP contribution in [0.25, 0.3) is 0 Å². The van der Waals surface area contributed by atoms with Crippen LogP contribution >= 0.6 is 0 Å². The molecule has 2 atom stereocenters. The van der Waals surface area contributed by atoms with Gasteiger partial charge in [0.1, 0.15) is 0 Å². The Hall–Kier alpha value is -1.71. The molecule has 3 heteroatoms. The summed E-state index contributed by atoms with van der Waals surface area (Å²) in [4.78, 5) is 4.06. The molecular weight excluding hydrogens is 260 g/mol. The third-order valence-electron chi connectivity index (χ3n) is 4.05. The summed E-state index contributed by atoms with van der Waals surface area (Å²) in [6.07, 6.45) is 6.11. The van der Waals surface area contributed by atoms with Crippen molar-refractivity contribution < 1.29 is 4.74 Å². The van der Waals surface area contributed by atoms with Crippen LogP contribution < -0.4 is 5.32 Å². The van der Waals surface area contributed by atoms with Crippen LogP contribution in [0.15, 0.2) is 48.8 Å². The second kappa shape index (κ2) is 6.83. The zero-order chi connectivity index (χ0) is 14.5. The highest BCUT2D eigenvalue weighted by atomic mass is 16.5. The normalized spacial score (nSPS) is 22.1. The second-order valence-electron chi connectivity index (χ2n) is 5.69. The third-order valence-corrected chi connectivity index (χ3v) is 4.05. The van der Waals surface area contributed by atoms with Crippen LogP contribution in [0.4, 0.5) is 0 Å². The van der Waals surface area contributed by atoms with E-state index in [2.05, 4.69) is 53.6 Å². The summed E-state index contributed by atoms with van der Waals surface area (Å²) < 4.78 is 6.03. The van der Waals surface area contributed by atoms with Gasteiger partial charge < -0.3 is 10.1 Å². The minimum atomic E-state index is 0.154. The molecule has 2 aromatic rings. The Labute approximate surface area is 126 Å². The molecule has 3 rings (SSSR count). The molecule has 2 heterocycles. The largest absolute Gasteiger partial charge is 0.372 e. The van der Waals surface area contributed by atoms with E-state index in [1.807, 2.05) is 12.4 Å². The van der Waals surface area contributed by atoms with Crippen molar-refractivity contribution in [1.82, 2.24) is 10.3 Å². The molecule has 3 nitrogen and oxygen atoms in total. The molecule has 1 aromatic carbocycles. The molecule has 1 aliphatic heterocycles. The standard InChI is InChI=1S/C18H22N2O/c1-14-4-6-16(7-5-14)18-17(3-2-12-21-18)20-13-15-8-10-19-11-9-15/h4-11,17-18,20H,2-3,12-13H2,1H3/t17-,18-/m1/s1. The predicted octanol–water partition coefficient (Wildman–Crippen LogP) is 3.40. The van der Waals surface area contributed by atoms with Crippen molar-refractivity contribution in [2.45, 2.75) is 38.5 Å². The van der Waals surface area contributed by atoms with E-state index in [0.29, 0.717) is 6.04 Å². The number of benzene rings is 1. The van der Waals surface area contributed by atoms with Gasteiger partial charge in [-0.1, -0.05) is 29.8 Å². The average Bonchev–Trinajstić information content (AvgIpc) is 2.55. The first kappa shape index (κ1) is 14.2. The lowest BCUT2D eigenvalue weighted by atomic mass is 9.95. The Balaban J connectivity index is 1.68. The number of hydrogen-bond donors (Lipinski definition) is 1. The highest BCUT2D eigenvalue weighted by Crippen LogP contribution is 2.28. The number of nitrogens with one attached hydrogen (secondary N) is 1. The second-order valence-corrected chi connectivity index (χ2v) is 5.69. The van der Waals surface area contributed by atoms with Gasteiger partial charge >= 0.3 is 0 Å². The van der Waals surface area contributed by atoms with Crippen LogP contribution in [-0.2, 0) is 11.3 Å². The van der Waals surface area contributed by atoms with E-state index in [4.69, 9.17) is 4.74 Å². The Morgan fingerprint density at radius 2 is 1.90 bits per heavy atom. The molecule has 0 saturated carbocycles. The van der Waals surface area contributed by atoms with E-state index >= 15 is 0 Å². The molecule has 0 spiro atoms. The first-order valence-electron chi connectivity index (χ1n) is 7.63. The first-order chi connectivity index (χ1) is 10.3. The van der Waals surface area contributed by atoms with Gasteiger partial charge in [-0.15, -0.1) is 0 Å². The molecule has 0 radical (unpaired) electrons. The van der Waals surface area contributed by atoms with Crippen molar-refractivity contribution in [3.63, 3.8) is 0 Å². The molecule has 1 fully saturated rings. The van der Waals surface area contributed by atoms with Crippen molar-refractivity contribution >= 4 is 0 Å². The maximum absolute atomic E-state index is 6.03. The Kier molecular flexibility index (Phi) is 4.63. The van der Waals surface area contributed by atoms with E-state index in [-0.39, 0.29) is 6.10 Å². The number of ether oxygens (including phenoxy) is 1. The minimum Gasteiger partial charge on any atom is -0.372 e. The quantitative estimate of drug-likeness (QED) is 0.933. The van der Waals surface area contributed by atoms with Crippen molar-refractivity contribution in [2.75, 3.05) is 6.61 Å². The summed E-state index contributed by atoms with van der Waals surface area (Å²) in [5, 5.41) is 3.65. The van der Waals surface area contributed by atoms with Gasteiger partial charge in [-0.3, -0.25) is 4.98 Å². The molecule has 1 N–H and O–H groups in total. The molecule has 21 heavy (non-hydrogen) atoms. The topological polar surface area (TPSA) is 34.1 Å². The summed E-state index contributed by atoms with van der Waals surface area (Å²) in [5.74, 6) is 0. The number of aryl methyl sites for hydroxylation is 1. The fourth-order valence-corrected chi connectivity index (χ4v) is 2.82. The fourth-order valence-electron chi connectivity index (χ4n) is 2.82. The molecule has 1 aromatic heterocycles. The fraction of sp³-hybridized carbons (Fsp3) is 0.389. The van der Waals surface area contributed by atoms with Crippen molar-refractivity contribution in [1.29, 1.82) is 0 Å². The van der Waals surface area contributed by atoms with Gasteiger partial charge in [0.2, 0.25) is 0 Å². The zero-order valence-electron chi connectivity index (χ0n) is 12.5. The molecule has 0 unspecified atom stereocenters. The smallest absolute Gasteiger partial charge is 0.0977 e. The zero-order valence-corrected chi connectivity index (χ0v) is 12.5. The van der Waals surface area contributed by atoms with Crippen LogP contribution in [0.1, 0.15) is 35.6 Å². The van der Waals surface area contributed by atoms with Crippen LogP contribution in [0.5, 0.6) is 0 Å². The third kappa shape index (κ3) is 3.69. The Bertz CT molecular complexity index is 553. The monoisotopic (exact) mass is 282 g/mol.